The van der Waals surface area contributed by atoms with Gasteiger partial charge in [0.15, 0.2) is 0 Å². The van der Waals surface area contributed by atoms with Crippen LogP contribution in [0.4, 0.5) is 0 Å². The van der Waals surface area contributed by atoms with Crippen molar-refractivity contribution in [2.75, 3.05) is 7.05 Å². The second-order valence-electron chi connectivity index (χ2n) is 4.39. The van der Waals surface area contributed by atoms with E-state index in [0.717, 1.165) is 0 Å². The number of pyridine rings is 1. The Hall–Kier alpha value is -1.76. The van der Waals surface area contributed by atoms with Gasteiger partial charge in [-0.15, -0.1) is 0 Å². The summed E-state index contributed by atoms with van der Waals surface area (Å²) in [5.74, 6) is 0. The standard InChI is InChI=1S/C14H16N2O3S/c1-16(10-13-6-2-3-8-15-13)20(18,19)14-7-4-5-12(9-14)11-17/h2-9,17H,10-11H2,1H3. The summed E-state index contributed by atoms with van der Waals surface area (Å²) in [4.78, 5) is 4.28. The molecule has 0 fully saturated rings. The van der Waals surface area contributed by atoms with Crippen molar-refractivity contribution in [1.29, 1.82) is 0 Å². The van der Waals surface area contributed by atoms with Gasteiger partial charge in [-0.3, -0.25) is 4.98 Å². The van der Waals surface area contributed by atoms with Crippen molar-refractivity contribution >= 4 is 10.0 Å². The number of aromatic nitrogens is 1. The van der Waals surface area contributed by atoms with Gasteiger partial charge >= 0.3 is 0 Å². The number of sulfonamides is 1. The van der Waals surface area contributed by atoms with Gasteiger partial charge in [0, 0.05) is 13.2 Å². The van der Waals surface area contributed by atoms with Crippen molar-refractivity contribution in [2.45, 2.75) is 18.0 Å². The maximum atomic E-state index is 12.4. The molecular formula is C14H16N2O3S. The summed E-state index contributed by atoms with van der Waals surface area (Å²) in [5, 5.41) is 9.08. The van der Waals surface area contributed by atoms with Gasteiger partial charge < -0.3 is 5.11 Å². The second-order valence-corrected chi connectivity index (χ2v) is 6.43. The number of rotatable bonds is 5. The number of hydrogen-bond acceptors (Lipinski definition) is 4. The molecule has 1 heterocycles. The SMILES string of the molecule is CN(Cc1ccccn1)S(=O)(=O)c1cccc(CO)c1. The Morgan fingerprint density at radius 3 is 2.65 bits per heavy atom. The van der Waals surface area contributed by atoms with E-state index in [1.165, 1.54) is 23.5 Å². The van der Waals surface area contributed by atoms with Crippen LogP contribution in [0.1, 0.15) is 11.3 Å². The summed E-state index contributed by atoms with van der Waals surface area (Å²) in [5.41, 5.74) is 1.24. The molecule has 0 spiro atoms. The van der Waals surface area contributed by atoms with E-state index in [0.29, 0.717) is 11.3 Å². The molecule has 0 atom stereocenters. The molecule has 1 aromatic heterocycles. The number of hydrogen-bond donors (Lipinski definition) is 1. The summed E-state index contributed by atoms with van der Waals surface area (Å²) in [6.45, 7) is 0.0137. The summed E-state index contributed by atoms with van der Waals surface area (Å²) >= 11 is 0. The molecule has 2 aromatic rings. The van der Waals surface area contributed by atoms with E-state index in [1.807, 2.05) is 6.07 Å². The molecule has 0 unspecified atom stereocenters. The lowest BCUT2D eigenvalue weighted by Gasteiger charge is -2.17. The molecule has 0 aliphatic heterocycles. The third kappa shape index (κ3) is 3.22. The van der Waals surface area contributed by atoms with Crippen molar-refractivity contribution in [3.8, 4) is 0 Å². The van der Waals surface area contributed by atoms with Crippen molar-refractivity contribution < 1.29 is 13.5 Å². The Kier molecular flexibility index (Phi) is 4.49. The normalized spacial score (nSPS) is 11.8. The van der Waals surface area contributed by atoms with Gasteiger partial charge in [-0.2, -0.15) is 4.31 Å². The highest BCUT2D eigenvalue weighted by molar-refractivity contribution is 7.89. The molecule has 106 valence electrons. The summed E-state index contributed by atoms with van der Waals surface area (Å²) < 4.78 is 26.1. The highest BCUT2D eigenvalue weighted by Crippen LogP contribution is 2.17. The fraction of sp³-hybridized carbons (Fsp3) is 0.214. The minimum atomic E-state index is -3.59. The molecule has 0 bridgehead atoms. The first-order valence-corrected chi connectivity index (χ1v) is 7.54. The zero-order chi connectivity index (χ0) is 14.6. The van der Waals surface area contributed by atoms with Crippen LogP contribution in [0, 0.1) is 0 Å². The average molecular weight is 292 g/mol. The summed E-state index contributed by atoms with van der Waals surface area (Å²) in [6, 6.07) is 11.7. The second kappa shape index (κ2) is 6.13. The summed E-state index contributed by atoms with van der Waals surface area (Å²) in [7, 11) is -2.08. The highest BCUT2D eigenvalue weighted by atomic mass is 32.2. The van der Waals surface area contributed by atoms with Crippen molar-refractivity contribution in [1.82, 2.24) is 9.29 Å². The average Bonchev–Trinajstić information content (AvgIpc) is 2.48. The Labute approximate surface area is 118 Å². The molecule has 5 nitrogen and oxygen atoms in total. The molecule has 20 heavy (non-hydrogen) atoms. The van der Waals surface area contributed by atoms with Gasteiger partial charge in [-0.1, -0.05) is 18.2 Å². The van der Waals surface area contributed by atoms with Crippen LogP contribution in [0.3, 0.4) is 0 Å². The quantitative estimate of drug-likeness (QED) is 0.904. The Morgan fingerprint density at radius 2 is 2.00 bits per heavy atom. The van der Waals surface area contributed by atoms with Gasteiger partial charge in [0.1, 0.15) is 0 Å². The minimum absolute atomic E-state index is 0.169. The predicted molar refractivity (Wildman–Crippen MR) is 75.3 cm³/mol. The van der Waals surface area contributed by atoms with Gasteiger partial charge in [0.2, 0.25) is 10.0 Å². The molecule has 0 amide bonds. The largest absolute Gasteiger partial charge is 0.392 e. The molecule has 0 saturated carbocycles. The van der Waals surface area contributed by atoms with E-state index in [1.54, 1.807) is 30.5 Å². The monoisotopic (exact) mass is 292 g/mol. The molecule has 0 saturated heterocycles. The lowest BCUT2D eigenvalue weighted by molar-refractivity contribution is 0.281. The van der Waals surface area contributed by atoms with Gasteiger partial charge in [-0.25, -0.2) is 8.42 Å². The van der Waals surface area contributed by atoms with Gasteiger partial charge in [-0.05, 0) is 29.8 Å². The van der Waals surface area contributed by atoms with Crippen molar-refractivity contribution in [3.63, 3.8) is 0 Å². The van der Waals surface area contributed by atoms with E-state index >= 15 is 0 Å². The van der Waals surface area contributed by atoms with Crippen LogP contribution in [0.15, 0.2) is 53.6 Å². The van der Waals surface area contributed by atoms with Crippen LogP contribution in [-0.2, 0) is 23.2 Å². The number of aliphatic hydroxyl groups excluding tert-OH is 1. The van der Waals surface area contributed by atoms with E-state index in [-0.39, 0.29) is 18.0 Å². The molecule has 0 radical (unpaired) electrons. The van der Waals surface area contributed by atoms with Crippen molar-refractivity contribution in [2.24, 2.45) is 0 Å². The van der Waals surface area contributed by atoms with Crippen LogP contribution in [0.25, 0.3) is 0 Å². The van der Waals surface area contributed by atoms with Gasteiger partial charge in [0.25, 0.3) is 0 Å². The van der Waals surface area contributed by atoms with E-state index < -0.39 is 10.0 Å². The number of aliphatic hydroxyl groups is 1. The van der Waals surface area contributed by atoms with E-state index in [2.05, 4.69) is 4.98 Å². The fourth-order valence-electron chi connectivity index (χ4n) is 1.79. The molecule has 1 aromatic carbocycles. The van der Waals surface area contributed by atoms with E-state index in [9.17, 15) is 8.42 Å². The lowest BCUT2D eigenvalue weighted by Crippen LogP contribution is -2.27. The Morgan fingerprint density at radius 1 is 1.20 bits per heavy atom. The van der Waals surface area contributed by atoms with Gasteiger partial charge in [0.05, 0.1) is 23.7 Å². The van der Waals surface area contributed by atoms with E-state index in [4.69, 9.17) is 5.11 Å². The Balaban J connectivity index is 2.25. The molecular weight excluding hydrogens is 276 g/mol. The van der Waals surface area contributed by atoms with Crippen LogP contribution in [0.2, 0.25) is 0 Å². The molecule has 0 aliphatic rings. The molecule has 0 aliphatic carbocycles. The minimum Gasteiger partial charge on any atom is -0.392 e. The topological polar surface area (TPSA) is 70.5 Å². The Bertz CT molecular complexity index is 672. The summed E-state index contributed by atoms with van der Waals surface area (Å²) in [6.07, 6.45) is 1.63. The van der Waals surface area contributed by atoms with Crippen LogP contribution in [0.5, 0.6) is 0 Å². The molecule has 1 N–H and O–H groups in total. The fourth-order valence-corrected chi connectivity index (χ4v) is 3.00. The third-order valence-electron chi connectivity index (χ3n) is 2.90. The number of benzene rings is 1. The maximum absolute atomic E-state index is 12.4. The van der Waals surface area contributed by atoms with Crippen LogP contribution < -0.4 is 0 Å². The predicted octanol–water partition coefficient (Wildman–Crippen LogP) is 1.39. The lowest BCUT2D eigenvalue weighted by atomic mass is 10.2. The van der Waals surface area contributed by atoms with Crippen molar-refractivity contribution in [3.05, 3.63) is 59.9 Å². The maximum Gasteiger partial charge on any atom is 0.243 e. The first kappa shape index (κ1) is 14.6. The number of nitrogens with zero attached hydrogens (tertiary/aromatic N) is 2. The smallest absolute Gasteiger partial charge is 0.243 e. The first-order valence-electron chi connectivity index (χ1n) is 6.10. The third-order valence-corrected chi connectivity index (χ3v) is 4.70. The highest BCUT2D eigenvalue weighted by Gasteiger charge is 2.21. The van der Waals surface area contributed by atoms with Crippen LogP contribution >= 0.6 is 0 Å². The first-order chi connectivity index (χ1) is 9.54. The zero-order valence-corrected chi connectivity index (χ0v) is 11.9. The zero-order valence-electron chi connectivity index (χ0n) is 11.1. The molecule has 2 rings (SSSR count). The van der Waals surface area contributed by atoms with Crippen LogP contribution in [-0.4, -0.2) is 29.9 Å². The molecule has 6 heteroatoms.